The van der Waals surface area contributed by atoms with Crippen LogP contribution < -0.4 is 0 Å². The van der Waals surface area contributed by atoms with Crippen molar-refractivity contribution in [3.05, 3.63) is 56.3 Å². The minimum atomic E-state index is -4.40. The molecule has 0 bridgehead atoms. The predicted molar refractivity (Wildman–Crippen MR) is 62.2 cm³/mol. The summed E-state index contributed by atoms with van der Waals surface area (Å²) in [4.78, 5) is 5.15. The zero-order valence-corrected chi connectivity index (χ0v) is 9.62. The van der Waals surface area contributed by atoms with Gasteiger partial charge in [0.05, 0.1) is 5.56 Å². The summed E-state index contributed by atoms with van der Waals surface area (Å²) in [7, 11) is 0. The SMILES string of the molecule is [N-]=[N+]=NCC(CN=[N+]=[N-])c1ccc(C(F)(F)F)cc1. The van der Waals surface area contributed by atoms with Crippen LogP contribution in [0.2, 0.25) is 0 Å². The van der Waals surface area contributed by atoms with Crippen LogP contribution in [0.4, 0.5) is 13.2 Å². The minimum Gasteiger partial charge on any atom is -0.166 e. The maximum atomic E-state index is 12.4. The predicted octanol–water partition coefficient (Wildman–Crippen LogP) is 4.41. The van der Waals surface area contributed by atoms with Crippen LogP contribution in [0.25, 0.3) is 20.9 Å². The van der Waals surface area contributed by atoms with E-state index in [1.807, 2.05) is 0 Å². The van der Waals surface area contributed by atoms with Gasteiger partial charge in [0.2, 0.25) is 0 Å². The molecule has 0 unspecified atom stereocenters. The molecule has 0 atom stereocenters. The van der Waals surface area contributed by atoms with E-state index < -0.39 is 17.7 Å². The average molecular weight is 270 g/mol. The summed E-state index contributed by atoms with van der Waals surface area (Å²) in [6.45, 7) is 0.0295. The Hall–Kier alpha value is -2.37. The van der Waals surface area contributed by atoms with Crippen LogP contribution in [0.3, 0.4) is 0 Å². The highest BCUT2D eigenvalue weighted by molar-refractivity contribution is 5.27. The minimum absolute atomic E-state index is 0.0148. The lowest BCUT2D eigenvalue weighted by Gasteiger charge is -2.13. The first kappa shape index (κ1) is 14.7. The molecule has 1 aromatic rings. The van der Waals surface area contributed by atoms with Crippen molar-refractivity contribution < 1.29 is 13.2 Å². The van der Waals surface area contributed by atoms with Crippen molar-refractivity contribution in [1.82, 2.24) is 0 Å². The van der Waals surface area contributed by atoms with E-state index in [0.717, 1.165) is 12.1 Å². The average Bonchev–Trinajstić information content (AvgIpc) is 2.38. The Balaban J connectivity index is 2.95. The van der Waals surface area contributed by atoms with Gasteiger partial charge in [-0.15, -0.1) is 0 Å². The largest absolute Gasteiger partial charge is 0.416 e. The van der Waals surface area contributed by atoms with E-state index in [1.54, 1.807) is 0 Å². The molecule has 0 radical (unpaired) electrons. The van der Waals surface area contributed by atoms with Gasteiger partial charge >= 0.3 is 6.18 Å². The molecule has 9 heteroatoms. The number of azide groups is 2. The van der Waals surface area contributed by atoms with Crippen molar-refractivity contribution in [1.29, 1.82) is 0 Å². The van der Waals surface area contributed by atoms with Crippen LogP contribution in [0.5, 0.6) is 0 Å². The molecule has 0 aromatic heterocycles. The molecule has 0 amide bonds. The van der Waals surface area contributed by atoms with Crippen LogP contribution in [0.15, 0.2) is 34.5 Å². The number of nitrogens with zero attached hydrogens (tertiary/aromatic N) is 6. The molecule has 19 heavy (non-hydrogen) atoms. The van der Waals surface area contributed by atoms with Crippen molar-refractivity contribution in [2.24, 2.45) is 10.2 Å². The molecular weight excluding hydrogens is 261 g/mol. The Morgan fingerprint density at radius 3 is 1.84 bits per heavy atom. The summed E-state index contributed by atoms with van der Waals surface area (Å²) in [5.41, 5.74) is 16.2. The summed E-state index contributed by atoms with van der Waals surface area (Å²) in [5, 5.41) is 6.70. The Kier molecular flexibility index (Phi) is 5.05. The Morgan fingerprint density at radius 1 is 1.00 bits per heavy atom. The van der Waals surface area contributed by atoms with Crippen LogP contribution >= 0.6 is 0 Å². The second-order valence-corrected chi connectivity index (χ2v) is 3.64. The maximum absolute atomic E-state index is 12.4. The van der Waals surface area contributed by atoms with Gasteiger partial charge in [-0.2, -0.15) is 13.2 Å². The molecule has 6 nitrogen and oxygen atoms in total. The van der Waals surface area contributed by atoms with E-state index in [9.17, 15) is 13.2 Å². The summed E-state index contributed by atoms with van der Waals surface area (Å²) >= 11 is 0. The normalized spacial score (nSPS) is 12.2. The van der Waals surface area contributed by atoms with E-state index in [0.29, 0.717) is 5.56 Å². The van der Waals surface area contributed by atoms with Crippen LogP contribution in [-0.4, -0.2) is 13.1 Å². The highest BCUT2D eigenvalue weighted by atomic mass is 19.4. The third-order valence-corrected chi connectivity index (χ3v) is 2.44. The molecule has 0 aliphatic heterocycles. The van der Waals surface area contributed by atoms with Gasteiger partial charge in [-0.1, -0.05) is 22.4 Å². The van der Waals surface area contributed by atoms with Crippen LogP contribution in [-0.2, 0) is 6.18 Å². The molecule has 0 N–H and O–H groups in total. The first-order chi connectivity index (χ1) is 8.99. The molecule has 1 rings (SSSR count). The van der Waals surface area contributed by atoms with Gasteiger partial charge in [-0.3, -0.25) is 0 Å². The van der Waals surface area contributed by atoms with Crippen molar-refractivity contribution in [2.45, 2.75) is 12.1 Å². The quantitative estimate of drug-likeness (QED) is 0.430. The first-order valence-corrected chi connectivity index (χ1v) is 5.18. The van der Waals surface area contributed by atoms with Gasteiger partial charge in [-0.25, -0.2) is 0 Å². The highest BCUT2D eigenvalue weighted by Crippen LogP contribution is 2.30. The maximum Gasteiger partial charge on any atom is 0.416 e. The van der Waals surface area contributed by atoms with E-state index >= 15 is 0 Å². The van der Waals surface area contributed by atoms with E-state index in [4.69, 9.17) is 11.1 Å². The Morgan fingerprint density at radius 2 is 1.47 bits per heavy atom. The third kappa shape index (κ3) is 4.42. The molecule has 0 aliphatic rings. The molecule has 0 fully saturated rings. The summed E-state index contributed by atoms with van der Waals surface area (Å²) in [5.74, 6) is -0.436. The standard InChI is InChI=1S/C10H9F3N6/c11-10(12,13)9-3-1-7(2-4-9)8(5-16-18-14)6-17-19-15/h1-4,8H,5-6H2. The molecule has 0 heterocycles. The molecule has 100 valence electrons. The lowest BCUT2D eigenvalue weighted by Crippen LogP contribution is -2.08. The van der Waals surface area contributed by atoms with E-state index in [2.05, 4.69) is 20.1 Å². The molecule has 0 saturated heterocycles. The zero-order valence-electron chi connectivity index (χ0n) is 9.62. The number of hydrogen-bond acceptors (Lipinski definition) is 2. The zero-order chi connectivity index (χ0) is 14.3. The van der Waals surface area contributed by atoms with Crippen molar-refractivity contribution in [3.8, 4) is 0 Å². The second kappa shape index (κ2) is 6.53. The number of benzene rings is 1. The van der Waals surface area contributed by atoms with Gasteiger partial charge < -0.3 is 0 Å². The number of rotatable bonds is 5. The van der Waals surface area contributed by atoms with Gasteiger partial charge in [0.25, 0.3) is 0 Å². The van der Waals surface area contributed by atoms with Gasteiger partial charge in [0.1, 0.15) is 0 Å². The third-order valence-electron chi connectivity index (χ3n) is 2.44. The Bertz CT molecular complexity index is 491. The summed E-state index contributed by atoms with van der Waals surface area (Å²) in [6.07, 6.45) is -4.40. The fourth-order valence-corrected chi connectivity index (χ4v) is 1.48. The van der Waals surface area contributed by atoms with E-state index in [-0.39, 0.29) is 13.1 Å². The molecular formula is C10H9F3N6. The van der Waals surface area contributed by atoms with Crippen LogP contribution in [0, 0.1) is 0 Å². The lowest BCUT2D eigenvalue weighted by atomic mass is 9.98. The van der Waals surface area contributed by atoms with Crippen molar-refractivity contribution in [3.63, 3.8) is 0 Å². The van der Waals surface area contributed by atoms with Crippen molar-refractivity contribution in [2.75, 3.05) is 13.1 Å². The molecule has 1 aromatic carbocycles. The number of hydrogen-bond donors (Lipinski definition) is 0. The number of halogens is 3. The first-order valence-electron chi connectivity index (χ1n) is 5.18. The fraction of sp³-hybridized carbons (Fsp3) is 0.400. The monoisotopic (exact) mass is 270 g/mol. The molecule has 0 spiro atoms. The highest BCUT2D eigenvalue weighted by Gasteiger charge is 2.30. The van der Waals surface area contributed by atoms with E-state index in [1.165, 1.54) is 12.1 Å². The van der Waals surface area contributed by atoms with Crippen molar-refractivity contribution >= 4 is 0 Å². The molecule has 0 aliphatic carbocycles. The topological polar surface area (TPSA) is 97.5 Å². The summed E-state index contributed by atoms with van der Waals surface area (Å²) in [6, 6.07) is 4.45. The van der Waals surface area contributed by atoms with Gasteiger partial charge in [0.15, 0.2) is 0 Å². The fourth-order valence-electron chi connectivity index (χ4n) is 1.48. The second-order valence-electron chi connectivity index (χ2n) is 3.64. The Labute approximate surface area is 106 Å². The molecule has 0 saturated carbocycles. The number of alkyl halides is 3. The summed E-state index contributed by atoms with van der Waals surface area (Å²) < 4.78 is 37.2. The van der Waals surface area contributed by atoms with Gasteiger partial charge in [0, 0.05) is 22.9 Å². The van der Waals surface area contributed by atoms with Crippen LogP contribution in [0.1, 0.15) is 17.0 Å². The lowest BCUT2D eigenvalue weighted by molar-refractivity contribution is -0.137. The van der Waals surface area contributed by atoms with Gasteiger partial charge in [-0.05, 0) is 34.7 Å². The smallest absolute Gasteiger partial charge is 0.166 e.